The fraction of sp³-hybridized carbons (Fsp3) is 0.278. The predicted molar refractivity (Wildman–Crippen MR) is 99.4 cm³/mol. The van der Waals surface area contributed by atoms with Crippen molar-refractivity contribution in [2.24, 2.45) is 0 Å². The SMILES string of the molecule is Cc1ccnn1CCCNC(=O)c1cccc(Cn2cc(Br)cn2)c1. The van der Waals surface area contributed by atoms with Gasteiger partial charge in [0.1, 0.15) is 0 Å². The van der Waals surface area contributed by atoms with Gasteiger partial charge in [0.15, 0.2) is 0 Å². The molecule has 0 bridgehead atoms. The van der Waals surface area contributed by atoms with Crippen molar-refractivity contribution in [3.63, 3.8) is 0 Å². The van der Waals surface area contributed by atoms with E-state index in [1.807, 2.05) is 52.8 Å². The standard InChI is InChI=1S/C18H20BrN5O/c1-14-6-8-21-24(14)9-3-7-20-18(25)16-5-2-4-15(10-16)12-23-13-17(19)11-22-23/h2,4-6,8,10-11,13H,3,7,9,12H2,1H3,(H,20,25). The van der Waals surface area contributed by atoms with Crippen LogP contribution in [0, 0.1) is 6.92 Å². The summed E-state index contributed by atoms with van der Waals surface area (Å²) in [6, 6.07) is 9.60. The number of hydrogen-bond acceptors (Lipinski definition) is 3. The van der Waals surface area contributed by atoms with E-state index in [-0.39, 0.29) is 5.91 Å². The van der Waals surface area contributed by atoms with Crippen molar-refractivity contribution in [2.45, 2.75) is 26.4 Å². The summed E-state index contributed by atoms with van der Waals surface area (Å²) in [5.41, 5.74) is 2.83. The maximum absolute atomic E-state index is 12.3. The summed E-state index contributed by atoms with van der Waals surface area (Å²) in [6.45, 7) is 4.07. The molecule has 0 fully saturated rings. The molecule has 6 nitrogen and oxygen atoms in total. The van der Waals surface area contributed by atoms with Crippen LogP contribution in [0.1, 0.15) is 28.0 Å². The van der Waals surface area contributed by atoms with Crippen LogP contribution in [0.3, 0.4) is 0 Å². The highest BCUT2D eigenvalue weighted by Gasteiger charge is 2.07. The maximum Gasteiger partial charge on any atom is 0.251 e. The highest BCUT2D eigenvalue weighted by molar-refractivity contribution is 9.10. The fourth-order valence-electron chi connectivity index (χ4n) is 2.59. The molecule has 0 saturated heterocycles. The molecule has 1 aromatic carbocycles. The largest absolute Gasteiger partial charge is 0.352 e. The van der Waals surface area contributed by atoms with E-state index in [1.54, 1.807) is 12.4 Å². The normalized spacial score (nSPS) is 10.8. The van der Waals surface area contributed by atoms with Gasteiger partial charge in [0.2, 0.25) is 0 Å². The Bertz CT molecular complexity index is 855. The first-order chi connectivity index (χ1) is 12.1. The molecule has 3 rings (SSSR count). The van der Waals surface area contributed by atoms with Crippen LogP contribution in [0.15, 0.2) is 53.4 Å². The summed E-state index contributed by atoms with van der Waals surface area (Å²) in [7, 11) is 0. The summed E-state index contributed by atoms with van der Waals surface area (Å²) < 4.78 is 4.71. The van der Waals surface area contributed by atoms with E-state index >= 15 is 0 Å². The molecule has 2 heterocycles. The first kappa shape index (κ1) is 17.4. The predicted octanol–water partition coefficient (Wildman–Crippen LogP) is 3.02. The number of rotatable bonds is 7. The average molecular weight is 402 g/mol. The van der Waals surface area contributed by atoms with Gasteiger partial charge in [-0.3, -0.25) is 14.2 Å². The monoisotopic (exact) mass is 401 g/mol. The summed E-state index contributed by atoms with van der Waals surface area (Å²) in [4.78, 5) is 12.3. The van der Waals surface area contributed by atoms with Gasteiger partial charge in [-0.1, -0.05) is 12.1 Å². The van der Waals surface area contributed by atoms with Crippen LogP contribution >= 0.6 is 15.9 Å². The third-order valence-electron chi connectivity index (χ3n) is 3.90. The number of aryl methyl sites for hydroxylation is 2. The lowest BCUT2D eigenvalue weighted by atomic mass is 10.1. The van der Waals surface area contributed by atoms with E-state index in [2.05, 4.69) is 31.4 Å². The second kappa shape index (κ2) is 8.11. The van der Waals surface area contributed by atoms with Gasteiger partial charge in [0.05, 0.1) is 17.2 Å². The van der Waals surface area contributed by atoms with E-state index < -0.39 is 0 Å². The van der Waals surface area contributed by atoms with Crippen molar-refractivity contribution in [1.29, 1.82) is 0 Å². The third kappa shape index (κ3) is 4.79. The molecule has 130 valence electrons. The Kier molecular flexibility index (Phi) is 5.65. The van der Waals surface area contributed by atoms with E-state index in [0.717, 1.165) is 28.7 Å². The van der Waals surface area contributed by atoms with Crippen molar-refractivity contribution < 1.29 is 4.79 Å². The minimum Gasteiger partial charge on any atom is -0.352 e. The summed E-state index contributed by atoms with van der Waals surface area (Å²) in [6.07, 6.45) is 6.29. The van der Waals surface area contributed by atoms with E-state index in [9.17, 15) is 4.79 Å². The molecule has 0 aliphatic carbocycles. The van der Waals surface area contributed by atoms with Gasteiger partial charge in [0.25, 0.3) is 5.91 Å². The van der Waals surface area contributed by atoms with Crippen LogP contribution in [-0.2, 0) is 13.1 Å². The number of nitrogens with zero attached hydrogens (tertiary/aromatic N) is 4. The molecule has 2 aromatic heterocycles. The van der Waals surface area contributed by atoms with Gasteiger partial charge in [-0.05, 0) is 53.0 Å². The lowest BCUT2D eigenvalue weighted by Gasteiger charge is -2.08. The van der Waals surface area contributed by atoms with Crippen LogP contribution in [0.25, 0.3) is 0 Å². The Morgan fingerprint density at radius 3 is 2.88 bits per heavy atom. The number of carbonyl (C=O) groups excluding carboxylic acids is 1. The van der Waals surface area contributed by atoms with Gasteiger partial charge >= 0.3 is 0 Å². The van der Waals surface area contributed by atoms with E-state index in [4.69, 9.17) is 0 Å². The number of nitrogens with one attached hydrogen (secondary N) is 1. The smallest absolute Gasteiger partial charge is 0.251 e. The van der Waals surface area contributed by atoms with Crippen molar-refractivity contribution >= 4 is 21.8 Å². The highest BCUT2D eigenvalue weighted by atomic mass is 79.9. The lowest BCUT2D eigenvalue weighted by Crippen LogP contribution is -2.25. The quantitative estimate of drug-likeness (QED) is 0.618. The Morgan fingerprint density at radius 1 is 1.28 bits per heavy atom. The second-order valence-corrected chi connectivity index (χ2v) is 6.78. The number of amides is 1. The van der Waals surface area contributed by atoms with Gasteiger partial charge in [-0.25, -0.2) is 0 Å². The number of halogens is 1. The Hall–Kier alpha value is -2.41. The van der Waals surface area contributed by atoms with Crippen LogP contribution < -0.4 is 5.32 Å². The Labute approximate surface area is 155 Å². The third-order valence-corrected chi connectivity index (χ3v) is 4.31. The molecule has 0 aliphatic rings. The molecule has 0 saturated carbocycles. The number of aromatic nitrogens is 4. The molecule has 1 N–H and O–H groups in total. The van der Waals surface area contributed by atoms with Crippen LogP contribution in [0.4, 0.5) is 0 Å². The Morgan fingerprint density at radius 2 is 2.16 bits per heavy atom. The van der Waals surface area contributed by atoms with E-state index in [1.165, 1.54) is 0 Å². The Balaban J connectivity index is 1.51. The zero-order valence-electron chi connectivity index (χ0n) is 14.0. The molecule has 0 unspecified atom stereocenters. The lowest BCUT2D eigenvalue weighted by molar-refractivity contribution is 0.0952. The minimum atomic E-state index is -0.0549. The van der Waals surface area contributed by atoms with Crippen molar-refractivity contribution in [3.8, 4) is 0 Å². The van der Waals surface area contributed by atoms with Crippen LogP contribution in [0.2, 0.25) is 0 Å². The van der Waals surface area contributed by atoms with Crippen molar-refractivity contribution in [1.82, 2.24) is 24.9 Å². The van der Waals surface area contributed by atoms with Gasteiger partial charge in [0, 0.05) is 36.7 Å². The average Bonchev–Trinajstić information content (AvgIpc) is 3.20. The summed E-state index contributed by atoms with van der Waals surface area (Å²) >= 11 is 3.38. The van der Waals surface area contributed by atoms with Gasteiger partial charge in [-0.2, -0.15) is 10.2 Å². The topological polar surface area (TPSA) is 64.7 Å². The highest BCUT2D eigenvalue weighted by Crippen LogP contribution is 2.10. The first-order valence-electron chi connectivity index (χ1n) is 8.15. The molecule has 0 aliphatic heterocycles. The molecule has 0 spiro atoms. The van der Waals surface area contributed by atoms with Crippen molar-refractivity contribution in [3.05, 3.63) is 70.2 Å². The molecular formula is C18H20BrN5O. The molecule has 7 heteroatoms. The van der Waals surface area contributed by atoms with Crippen LogP contribution in [0.5, 0.6) is 0 Å². The zero-order chi connectivity index (χ0) is 17.6. The first-order valence-corrected chi connectivity index (χ1v) is 8.94. The number of hydrogen-bond donors (Lipinski definition) is 1. The summed E-state index contributed by atoms with van der Waals surface area (Å²) in [5, 5.41) is 11.4. The molecular weight excluding hydrogens is 382 g/mol. The van der Waals surface area contributed by atoms with Crippen molar-refractivity contribution in [2.75, 3.05) is 6.54 Å². The molecule has 25 heavy (non-hydrogen) atoms. The van der Waals surface area contributed by atoms with E-state index in [0.29, 0.717) is 18.7 Å². The zero-order valence-corrected chi connectivity index (χ0v) is 15.6. The molecule has 3 aromatic rings. The second-order valence-electron chi connectivity index (χ2n) is 5.86. The van der Waals surface area contributed by atoms with Crippen LogP contribution in [-0.4, -0.2) is 32.0 Å². The number of carbonyl (C=O) groups is 1. The minimum absolute atomic E-state index is 0.0549. The number of benzene rings is 1. The molecule has 0 radical (unpaired) electrons. The molecule has 0 atom stereocenters. The maximum atomic E-state index is 12.3. The van der Waals surface area contributed by atoms with Gasteiger partial charge in [-0.15, -0.1) is 0 Å². The summed E-state index contributed by atoms with van der Waals surface area (Å²) in [5.74, 6) is -0.0549. The molecule has 1 amide bonds. The fourth-order valence-corrected chi connectivity index (χ4v) is 2.92. The van der Waals surface area contributed by atoms with Gasteiger partial charge < -0.3 is 5.32 Å².